The smallest absolute Gasteiger partial charge is 0.133 e. The Labute approximate surface area is 378 Å². The van der Waals surface area contributed by atoms with Crippen molar-refractivity contribution in [2.24, 2.45) is 4.99 Å². The molecule has 0 bridgehead atoms. The van der Waals surface area contributed by atoms with Crippen molar-refractivity contribution in [2.75, 3.05) is 0 Å². The number of hydrogen-bond acceptors (Lipinski definition) is 2. The highest BCUT2D eigenvalue weighted by Crippen LogP contribution is 2.56. The third kappa shape index (κ3) is 5.74. The molecule has 0 fully saturated rings. The minimum Gasteiger partial charge on any atom is -0.340 e. The van der Waals surface area contributed by atoms with Gasteiger partial charge in [0.25, 0.3) is 0 Å². The van der Waals surface area contributed by atoms with E-state index in [4.69, 9.17) is 4.99 Å². The van der Waals surface area contributed by atoms with Gasteiger partial charge in [-0.05, 0) is 137 Å². The SMILES string of the molecule is CC1(C)c2ccccc2-c2ccc(-c3ccc4c(c3)C(C)(C)c3cc(-c5ccc6c(c5)C(C)(C)c5ccccc5-6)cc(C5CC=C(c6ccccc6)NC(c6ccccc6)=N5)c3-4)cc21. The molecule has 2 nitrogen and oxygen atoms in total. The van der Waals surface area contributed by atoms with Crippen molar-refractivity contribution >= 4 is 11.5 Å². The monoisotopic (exact) mass is 824 g/mol. The molecular formula is C62H52N2. The Morgan fingerprint density at radius 3 is 1.41 bits per heavy atom. The lowest BCUT2D eigenvalue weighted by Gasteiger charge is -2.25. The van der Waals surface area contributed by atoms with Gasteiger partial charge in [0, 0.05) is 27.5 Å². The summed E-state index contributed by atoms with van der Waals surface area (Å²) in [7, 11) is 0. The predicted molar refractivity (Wildman–Crippen MR) is 268 cm³/mol. The largest absolute Gasteiger partial charge is 0.340 e. The predicted octanol–water partition coefficient (Wildman–Crippen LogP) is 15.5. The summed E-state index contributed by atoms with van der Waals surface area (Å²) in [5.74, 6) is 0.893. The first-order valence-electron chi connectivity index (χ1n) is 23.0. The van der Waals surface area contributed by atoms with Crippen LogP contribution in [0, 0.1) is 0 Å². The fourth-order valence-corrected chi connectivity index (χ4v) is 11.7. The van der Waals surface area contributed by atoms with E-state index in [2.05, 4.69) is 229 Å². The molecule has 4 aliphatic rings. The van der Waals surface area contributed by atoms with Gasteiger partial charge in [-0.15, -0.1) is 0 Å². The fourth-order valence-electron chi connectivity index (χ4n) is 11.7. The number of rotatable bonds is 5. The van der Waals surface area contributed by atoms with E-state index < -0.39 is 0 Å². The Balaban J connectivity index is 1.04. The maximum Gasteiger partial charge on any atom is 0.133 e. The van der Waals surface area contributed by atoms with Crippen LogP contribution in [0.25, 0.3) is 61.3 Å². The number of amidine groups is 1. The molecule has 0 saturated carbocycles. The molecule has 2 heteroatoms. The second-order valence-corrected chi connectivity index (χ2v) is 19.9. The van der Waals surface area contributed by atoms with E-state index in [0.29, 0.717) is 0 Å². The minimum absolute atomic E-state index is 0.0590. The molecule has 0 radical (unpaired) electrons. The van der Waals surface area contributed by atoms with Crippen molar-refractivity contribution in [3.8, 4) is 55.6 Å². The van der Waals surface area contributed by atoms with Gasteiger partial charge < -0.3 is 5.32 Å². The van der Waals surface area contributed by atoms with Gasteiger partial charge in [0.2, 0.25) is 0 Å². The van der Waals surface area contributed by atoms with Gasteiger partial charge in [0.1, 0.15) is 5.84 Å². The van der Waals surface area contributed by atoms with Crippen molar-refractivity contribution in [2.45, 2.75) is 70.3 Å². The summed E-state index contributed by atoms with van der Waals surface area (Å²) in [6, 6.07) is 65.6. The molecule has 0 spiro atoms. The molecule has 0 aromatic heterocycles. The molecule has 1 N–H and O–H groups in total. The van der Waals surface area contributed by atoms with E-state index in [1.54, 1.807) is 0 Å². The van der Waals surface area contributed by atoms with Crippen molar-refractivity contribution in [1.82, 2.24) is 5.32 Å². The van der Waals surface area contributed by atoms with Crippen molar-refractivity contribution in [1.29, 1.82) is 0 Å². The summed E-state index contributed by atoms with van der Waals surface area (Å²) in [6.45, 7) is 14.4. The lowest BCUT2D eigenvalue weighted by Crippen LogP contribution is -2.22. The van der Waals surface area contributed by atoms with Gasteiger partial charge in [0.05, 0.1) is 6.04 Å². The minimum atomic E-state index is -0.260. The van der Waals surface area contributed by atoms with Crippen LogP contribution in [0.2, 0.25) is 0 Å². The standard InChI is InChI=1S/C62H52N2/c1-60(2)50-23-15-13-21-44(50)46-28-25-40(34-52(46)60)41-27-30-48-54(35-41)62(5,6)55-37-43(42-26-29-47-45-22-14-16-24-51(45)61(3,4)53(47)36-42)33-49(58(48)55)57-32-31-56(38-17-9-7-10-18-38)63-59(64-57)39-19-11-8-12-20-39/h7-31,33-37,57H,32H2,1-6H3,(H,63,64). The highest BCUT2D eigenvalue weighted by molar-refractivity contribution is 6.04. The Morgan fingerprint density at radius 1 is 0.391 bits per heavy atom. The van der Waals surface area contributed by atoms with Crippen LogP contribution in [0.3, 0.4) is 0 Å². The third-order valence-electron chi connectivity index (χ3n) is 15.2. The lowest BCUT2D eigenvalue weighted by molar-refractivity contribution is 0.657. The number of nitrogens with one attached hydrogen (secondary N) is 1. The molecule has 1 unspecified atom stereocenters. The van der Waals surface area contributed by atoms with Crippen LogP contribution in [-0.4, -0.2) is 5.84 Å². The maximum absolute atomic E-state index is 5.72. The molecule has 310 valence electrons. The molecule has 64 heavy (non-hydrogen) atoms. The third-order valence-corrected chi connectivity index (χ3v) is 15.2. The highest BCUT2D eigenvalue weighted by Gasteiger charge is 2.41. The molecule has 12 rings (SSSR count). The molecule has 8 aromatic rings. The zero-order valence-electron chi connectivity index (χ0n) is 37.6. The average Bonchev–Trinajstić information content (AvgIpc) is 3.68. The lowest BCUT2D eigenvalue weighted by atomic mass is 9.78. The van der Waals surface area contributed by atoms with Crippen LogP contribution < -0.4 is 5.32 Å². The van der Waals surface area contributed by atoms with Gasteiger partial charge >= 0.3 is 0 Å². The fraction of sp³-hybridized carbons (Fsp3) is 0.177. The van der Waals surface area contributed by atoms with Crippen LogP contribution in [0.4, 0.5) is 0 Å². The van der Waals surface area contributed by atoms with E-state index in [0.717, 1.165) is 29.1 Å². The van der Waals surface area contributed by atoms with E-state index in [9.17, 15) is 0 Å². The summed E-state index contributed by atoms with van der Waals surface area (Å²) in [5.41, 5.74) is 25.6. The van der Waals surface area contributed by atoms with Gasteiger partial charge in [0.15, 0.2) is 0 Å². The number of nitrogens with zero attached hydrogens (tertiary/aromatic N) is 1. The van der Waals surface area contributed by atoms with Gasteiger partial charge in [-0.25, -0.2) is 0 Å². The number of aliphatic imine (C=N–C) groups is 1. The molecule has 1 heterocycles. The Morgan fingerprint density at radius 2 is 0.828 bits per heavy atom. The topological polar surface area (TPSA) is 24.4 Å². The number of hydrogen-bond donors (Lipinski definition) is 1. The first-order valence-corrected chi connectivity index (χ1v) is 23.0. The Kier molecular flexibility index (Phi) is 8.44. The van der Waals surface area contributed by atoms with E-state index >= 15 is 0 Å². The molecule has 1 atom stereocenters. The van der Waals surface area contributed by atoms with Gasteiger partial charge in [-0.3, -0.25) is 4.99 Å². The second kappa shape index (κ2) is 14.0. The summed E-state index contributed by atoms with van der Waals surface area (Å²) in [4.78, 5) is 5.72. The van der Waals surface area contributed by atoms with Crippen molar-refractivity contribution in [3.63, 3.8) is 0 Å². The average molecular weight is 825 g/mol. The second-order valence-electron chi connectivity index (χ2n) is 19.9. The van der Waals surface area contributed by atoms with E-state index in [1.807, 2.05) is 0 Å². The van der Waals surface area contributed by atoms with Crippen LogP contribution in [0.1, 0.15) is 104 Å². The Bertz CT molecular complexity index is 3290. The molecular weight excluding hydrogens is 773 g/mol. The summed E-state index contributed by atoms with van der Waals surface area (Å²) >= 11 is 0. The van der Waals surface area contributed by atoms with Gasteiger partial charge in [-0.1, -0.05) is 193 Å². The quantitative estimate of drug-likeness (QED) is 0.184. The summed E-state index contributed by atoms with van der Waals surface area (Å²) in [6.07, 6.45) is 3.13. The molecule has 0 saturated heterocycles. The maximum atomic E-state index is 5.72. The van der Waals surface area contributed by atoms with Crippen LogP contribution in [-0.2, 0) is 16.2 Å². The normalized spacial score (nSPS) is 17.7. The first kappa shape index (κ1) is 38.6. The van der Waals surface area contributed by atoms with Crippen LogP contribution in [0.15, 0.2) is 187 Å². The number of benzene rings is 8. The highest BCUT2D eigenvalue weighted by atomic mass is 15.0. The summed E-state index contributed by atoms with van der Waals surface area (Å²) in [5, 5.41) is 3.81. The molecule has 1 aliphatic heterocycles. The summed E-state index contributed by atoms with van der Waals surface area (Å²) < 4.78 is 0. The van der Waals surface area contributed by atoms with Crippen molar-refractivity contribution in [3.05, 3.63) is 232 Å². The zero-order valence-corrected chi connectivity index (χ0v) is 37.6. The zero-order chi connectivity index (χ0) is 43.5. The first-order chi connectivity index (χ1) is 31.0. The molecule has 3 aliphatic carbocycles. The molecule has 0 amide bonds. The van der Waals surface area contributed by atoms with Crippen LogP contribution >= 0.6 is 0 Å². The van der Waals surface area contributed by atoms with Gasteiger partial charge in [-0.2, -0.15) is 0 Å². The van der Waals surface area contributed by atoms with E-state index in [-0.39, 0.29) is 22.3 Å². The van der Waals surface area contributed by atoms with E-state index in [1.165, 1.54) is 94.6 Å². The number of fused-ring (bicyclic) bond motifs is 9. The van der Waals surface area contributed by atoms with Crippen LogP contribution in [0.5, 0.6) is 0 Å². The molecule has 8 aromatic carbocycles. The van der Waals surface area contributed by atoms with Crippen molar-refractivity contribution < 1.29 is 0 Å². The Hall–Kier alpha value is -7.03.